The fourth-order valence-corrected chi connectivity index (χ4v) is 2.09. The second-order valence-electron chi connectivity index (χ2n) is 3.04. The minimum Gasteiger partial charge on any atom is -0.496 e. The topological polar surface area (TPSA) is 52.6 Å². The quantitative estimate of drug-likeness (QED) is 0.744. The Morgan fingerprint density at radius 2 is 1.75 bits per heavy atom. The van der Waals surface area contributed by atoms with Crippen molar-refractivity contribution >= 4 is 13.3 Å². The summed E-state index contributed by atoms with van der Waals surface area (Å²) in [6.07, 6.45) is 0.315. The first kappa shape index (κ1) is 12.7. The van der Waals surface area contributed by atoms with Gasteiger partial charge in [0.1, 0.15) is 11.5 Å². The van der Waals surface area contributed by atoms with Crippen molar-refractivity contribution in [1.82, 2.24) is 0 Å². The van der Waals surface area contributed by atoms with Crippen molar-refractivity contribution in [3.63, 3.8) is 0 Å². The maximum absolute atomic E-state index is 11.9. The highest BCUT2D eigenvalue weighted by molar-refractivity contribution is 7.64. The predicted molar refractivity (Wildman–Crippen MR) is 62.0 cm³/mol. The number of ether oxygens (including phenoxy) is 2. The molecule has 0 spiro atoms. The van der Waals surface area contributed by atoms with Crippen LogP contribution in [0, 0.1) is 0 Å². The maximum Gasteiger partial charge on any atom is 0.420 e. The van der Waals surface area contributed by atoms with E-state index in [0.717, 1.165) is 0 Å². The molecule has 0 heterocycles. The molecule has 0 aliphatic heterocycles. The lowest BCUT2D eigenvalue weighted by Crippen LogP contribution is -2.02. The fraction of sp³-hybridized carbons (Fsp3) is 0.364. The summed E-state index contributed by atoms with van der Waals surface area (Å²) in [6.45, 7) is 1.71. The van der Waals surface area contributed by atoms with E-state index in [1.54, 1.807) is 25.1 Å². The van der Waals surface area contributed by atoms with Crippen molar-refractivity contribution in [3.05, 3.63) is 23.8 Å². The zero-order chi connectivity index (χ0) is 12.1. The van der Waals surface area contributed by atoms with Gasteiger partial charge < -0.3 is 9.47 Å². The van der Waals surface area contributed by atoms with Gasteiger partial charge in [-0.2, -0.15) is 0 Å². The van der Waals surface area contributed by atoms with Crippen LogP contribution in [0.5, 0.6) is 11.5 Å². The van der Waals surface area contributed by atoms with Gasteiger partial charge in [-0.15, -0.1) is 0 Å². The Hall–Kier alpha value is -1.41. The standard InChI is InChI=1S/C11H14O4P/c1-4-16(13)11(12)10-8(14-2)6-5-7-9(10)15-3/h5-7H,4H2,1-3H3/q+1. The molecule has 0 bridgehead atoms. The van der Waals surface area contributed by atoms with Crippen LogP contribution in [0.4, 0.5) is 0 Å². The molecular weight excluding hydrogens is 227 g/mol. The van der Waals surface area contributed by atoms with E-state index >= 15 is 0 Å². The molecule has 1 rings (SSSR count). The van der Waals surface area contributed by atoms with Crippen molar-refractivity contribution < 1.29 is 18.8 Å². The highest BCUT2D eigenvalue weighted by Gasteiger charge is 2.33. The van der Waals surface area contributed by atoms with Crippen LogP contribution < -0.4 is 9.47 Å². The second-order valence-corrected chi connectivity index (χ2v) is 4.83. The molecule has 5 heteroatoms. The van der Waals surface area contributed by atoms with Gasteiger partial charge in [-0.05, 0) is 19.1 Å². The van der Waals surface area contributed by atoms with Crippen molar-refractivity contribution in [2.24, 2.45) is 0 Å². The zero-order valence-corrected chi connectivity index (χ0v) is 10.4. The summed E-state index contributed by atoms with van der Waals surface area (Å²) in [6, 6.07) is 5.01. The van der Waals surface area contributed by atoms with Gasteiger partial charge in [-0.1, -0.05) is 10.6 Å². The maximum atomic E-state index is 11.9. The van der Waals surface area contributed by atoms with Gasteiger partial charge in [0.2, 0.25) is 0 Å². The van der Waals surface area contributed by atoms with E-state index in [1.807, 2.05) is 0 Å². The summed E-state index contributed by atoms with van der Waals surface area (Å²) in [5.41, 5.74) is -0.165. The molecule has 0 saturated heterocycles. The Balaban J connectivity index is 3.28. The lowest BCUT2D eigenvalue weighted by atomic mass is 10.2. The Morgan fingerprint density at radius 1 is 1.25 bits per heavy atom. The number of rotatable bonds is 5. The van der Waals surface area contributed by atoms with Crippen molar-refractivity contribution in [1.29, 1.82) is 0 Å². The van der Waals surface area contributed by atoms with Crippen molar-refractivity contribution in [3.8, 4) is 11.5 Å². The molecule has 0 saturated carbocycles. The van der Waals surface area contributed by atoms with Crippen LogP contribution in [0.25, 0.3) is 0 Å². The first-order chi connectivity index (χ1) is 7.65. The molecule has 0 aromatic heterocycles. The van der Waals surface area contributed by atoms with Crippen LogP contribution in [-0.2, 0) is 4.57 Å². The molecule has 0 amide bonds. The van der Waals surface area contributed by atoms with Gasteiger partial charge >= 0.3 is 13.3 Å². The van der Waals surface area contributed by atoms with Gasteiger partial charge in [0.05, 0.1) is 14.2 Å². The molecule has 0 N–H and O–H groups in total. The average Bonchev–Trinajstić information content (AvgIpc) is 2.35. The summed E-state index contributed by atoms with van der Waals surface area (Å²) < 4.78 is 21.7. The van der Waals surface area contributed by atoms with Crippen LogP contribution in [0.15, 0.2) is 18.2 Å². The number of hydrogen-bond donors (Lipinski definition) is 0. The highest BCUT2D eigenvalue weighted by Crippen LogP contribution is 2.36. The van der Waals surface area contributed by atoms with Gasteiger partial charge in [-0.3, -0.25) is 0 Å². The van der Waals surface area contributed by atoms with Crippen LogP contribution in [0.1, 0.15) is 17.3 Å². The first-order valence-corrected chi connectivity index (χ1v) is 6.30. The summed E-state index contributed by atoms with van der Waals surface area (Å²) in [4.78, 5) is 11.9. The van der Waals surface area contributed by atoms with E-state index in [4.69, 9.17) is 9.47 Å². The smallest absolute Gasteiger partial charge is 0.420 e. The summed E-state index contributed by atoms with van der Waals surface area (Å²) in [7, 11) is 1.02. The number of benzene rings is 1. The summed E-state index contributed by atoms with van der Waals surface area (Å²) >= 11 is 0. The summed E-state index contributed by atoms with van der Waals surface area (Å²) in [5.74, 6) is 0.780. The minimum atomic E-state index is -1.91. The monoisotopic (exact) mass is 241 g/mol. The molecule has 0 fully saturated rings. The Bertz CT molecular complexity index is 392. The van der Waals surface area contributed by atoms with Gasteiger partial charge in [0.25, 0.3) is 0 Å². The van der Waals surface area contributed by atoms with E-state index in [9.17, 15) is 9.36 Å². The molecule has 0 aliphatic rings. The van der Waals surface area contributed by atoms with Gasteiger partial charge in [0, 0.05) is 0 Å². The zero-order valence-electron chi connectivity index (χ0n) is 9.52. The third-order valence-corrected chi connectivity index (χ3v) is 3.41. The second kappa shape index (κ2) is 5.61. The molecule has 1 unspecified atom stereocenters. The van der Waals surface area contributed by atoms with Crippen molar-refractivity contribution in [2.75, 3.05) is 20.4 Å². The fourth-order valence-electron chi connectivity index (χ4n) is 1.33. The Morgan fingerprint density at radius 3 is 2.12 bits per heavy atom. The molecule has 0 aliphatic carbocycles. The van der Waals surface area contributed by atoms with E-state index in [-0.39, 0.29) is 5.56 Å². The first-order valence-electron chi connectivity index (χ1n) is 4.85. The molecule has 1 atom stereocenters. The molecule has 86 valence electrons. The number of hydrogen-bond acceptors (Lipinski definition) is 4. The highest BCUT2D eigenvalue weighted by atomic mass is 31.1. The minimum absolute atomic E-state index is 0.260. The largest absolute Gasteiger partial charge is 0.496 e. The SMILES string of the molecule is CC[P+](=O)C(=O)c1c(OC)cccc1OC. The van der Waals surface area contributed by atoms with E-state index in [1.165, 1.54) is 14.2 Å². The molecule has 16 heavy (non-hydrogen) atoms. The normalized spacial score (nSPS) is 10.8. The lowest BCUT2D eigenvalue weighted by Gasteiger charge is -2.07. The average molecular weight is 241 g/mol. The molecule has 1 aromatic rings. The van der Waals surface area contributed by atoms with Gasteiger partial charge in [0.15, 0.2) is 11.7 Å². The van der Waals surface area contributed by atoms with Crippen LogP contribution in [0.3, 0.4) is 0 Å². The van der Waals surface area contributed by atoms with E-state index in [2.05, 4.69) is 0 Å². The number of methoxy groups -OCH3 is 2. The molecular formula is C11H14O4P+. The van der Waals surface area contributed by atoms with Crippen molar-refractivity contribution in [2.45, 2.75) is 6.92 Å². The predicted octanol–water partition coefficient (Wildman–Crippen LogP) is 2.69. The van der Waals surface area contributed by atoms with Crippen LogP contribution in [0.2, 0.25) is 0 Å². The van der Waals surface area contributed by atoms with Gasteiger partial charge in [-0.25, -0.2) is 4.79 Å². The van der Waals surface area contributed by atoms with Crippen LogP contribution in [-0.4, -0.2) is 25.9 Å². The molecule has 1 aromatic carbocycles. The molecule has 4 nitrogen and oxygen atoms in total. The van der Waals surface area contributed by atoms with E-state index in [0.29, 0.717) is 17.7 Å². The third-order valence-electron chi connectivity index (χ3n) is 2.16. The molecule has 0 radical (unpaired) electrons. The van der Waals surface area contributed by atoms with E-state index < -0.39 is 13.3 Å². The lowest BCUT2D eigenvalue weighted by molar-refractivity contribution is 0.107. The Labute approximate surface area is 95.3 Å². The third kappa shape index (κ3) is 2.39. The summed E-state index contributed by atoms with van der Waals surface area (Å²) in [5, 5.41) is 0. The Kier molecular flexibility index (Phi) is 4.44. The number of carbonyl (C=O) groups excluding carboxylic acids is 1. The van der Waals surface area contributed by atoms with Crippen LogP contribution >= 0.6 is 7.80 Å². The number of carbonyl (C=O) groups is 1.